The minimum Gasteiger partial charge on any atom is -0.377 e. The van der Waals surface area contributed by atoms with Gasteiger partial charge in [-0.2, -0.15) is 23.3 Å². The van der Waals surface area contributed by atoms with Gasteiger partial charge in [-0.15, -0.1) is 0 Å². The minimum absolute atomic E-state index is 0.0584. The number of aryl methyl sites for hydroxylation is 1. The number of piperidine rings is 1. The zero-order valence-electron chi connectivity index (χ0n) is 18.8. The van der Waals surface area contributed by atoms with Crippen molar-refractivity contribution in [3.63, 3.8) is 0 Å². The largest absolute Gasteiger partial charge is 0.433 e. The normalized spacial score (nSPS) is 20.9. The lowest BCUT2D eigenvalue weighted by Crippen LogP contribution is -2.42. The molecule has 3 aliphatic rings. The molecule has 3 aliphatic heterocycles. The van der Waals surface area contributed by atoms with Gasteiger partial charge in [-0.25, -0.2) is 19.6 Å². The zero-order valence-corrected chi connectivity index (χ0v) is 18.8. The van der Waals surface area contributed by atoms with Gasteiger partial charge in [-0.05, 0) is 31.6 Å². The maximum atomic E-state index is 13.2. The van der Waals surface area contributed by atoms with Crippen LogP contribution < -0.4 is 9.80 Å². The Hall–Kier alpha value is -3.02. The Bertz CT molecular complexity index is 1220. The molecule has 180 valence electrons. The summed E-state index contributed by atoms with van der Waals surface area (Å²) in [6.07, 6.45) is 1.91. The van der Waals surface area contributed by atoms with Crippen LogP contribution in [0, 0.1) is 12.3 Å². The van der Waals surface area contributed by atoms with E-state index >= 15 is 0 Å². The summed E-state index contributed by atoms with van der Waals surface area (Å²) in [6, 6.07) is 1.29. The summed E-state index contributed by atoms with van der Waals surface area (Å²) in [4.78, 5) is 21.4. The fraction of sp³-hybridized carbons (Fsp3) is 0.591. The molecule has 0 aliphatic carbocycles. The first-order valence-electron chi connectivity index (χ1n) is 11.5. The van der Waals surface area contributed by atoms with E-state index in [4.69, 9.17) is 9.72 Å². The Kier molecular flexibility index (Phi) is 4.91. The molecule has 0 unspecified atom stereocenters. The topological polar surface area (TPSA) is 85.1 Å². The molecule has 6 rings (SSSR count). The molecule has 0 bridgehead atoms. The van der Waals surface area contributed by atoms with Crippen LogP contribution in [0.25, 0.3) is 11.0 Å². The van der Waals surface area contributed by atoms with Crippen molar-refractivity contribution >= 4 is 22.8 Å². The van der Waals surface area contributed by atoms with Crippen LogP contribution >= 0.6 is 0 Å². The lowest BCUT2D eigenvalue weighted by atomic mass is 9.78. The molecule has 0 amide bonds. The molecular weight excluding hydrogens is 449 g/mol. The molecule has 3 aromatic heterocycles. The van der Waals surface area contributed by atoms with Gasteiger partial charge in [0.2, 0.25) is 5.95 Å². The standard InChI is InChI=1S/C22H25F3N8O/c1-14-28-17(22(23,24)25)8-18(29-14)32-7-4-21(13-32)2-5-31(6-3-21)20-26-9-15-10-27-33(19(15)30-20)16-11-34-12-16/h8-10,16H,2-7,11-13H2,1H3. The molecule has 0 radical (unpaired) electrons. The van der Waals surface area contributed by atoms with E-state index in [1.165, 1.54) is 6.92 Å². The van der Waals surface area contributed by atoms with Crippen molar-refractivity contribution in [2.75, 3.05) is 49.2 Å². The molecule has 6 heterocycles. The van der Waals surface area contributed by atoms with Gasteiger partial charge in [0, 0.05) is 38.4 Å². The molecule has 3 aromatic rings. The molecule has 0 atom stereocenters. The van der Waals surface area contributed by atoms with Crippen LogP contribution in [0.3, 0.4) is 0 Å². The number of anilines is 2. The van der Waals surface area contributed by atoms with Gasteiger partial charge in [0.05, 0.1) is 24.8 Å². The quantitative estimate of drug-likeness (QED) is 0.573. The van der Waals surface area contributed by atoms with Crippen LogP contribution in [0.4, 0.5) is 24.9 Å². The summed E-state index contributed by atoms with van der Waals surface area (Å²) >= 11 is 0. The Morgan fingerprint density at radius 1 is 1.00 bits per heavy atom. The van der Waals surface area contributed by atoms with Gasteiger partial charge in [0.25, 0.3) is 0 Å². The number of aromatic nitrogens is 6. The monoisotopic (exact) mass is 474 g/mol. The Morgan fingerprint density at radius 3 is 2.41 bits per heavy atom. The molecule has 12 heteroatoms. The first-order chi connectivity index (χ1) is 16.3. The van der Waals surface area contributed by atoms with Crippen LogP contribution in [-0.4, -0.2) is 69.1 Å². The first kappa shape index (κ1) is 21.5. The second-order valence-electron chi connectivity index (χ2n) is 9.54. The molecule has 0 aromatic carbocycles. The molecule has 1 spiro atoms. The van der Waals surface area contributed by atoms with E-state index in [1.54, 1.807) is 6.20 Å². The SMILES string of the molecule is Cc1nc(N2CCC3(CCN(c4ncc5cnn(C6COC6)c5n4)CC3)C2)cc(C(F)(F)F)n1. The van der Waals surface area contributed by atoms with E-state index in [-0.39, 0.29) is 17.3 Å². The van der Waals surface area contributed by atoms with Crippen molar-refractivity contribution < 1.29 is 17.9 Å². The molecule has 0 saturated carbocycles. The lowest BCUT2D eigenvalue weighted by Gasteiger charge is -2.39. The number of hydrogen-bond acceptors (Lipinski definition) is 8. The van der Waals surface area contributed by atoms with Crippen molar-refractivity contribution in [3.8, 4) is 0 Å². The zero-order chi connectivity index (χ0) is 23.5. The number of hydrogen-bond donors (Lipinski definition) is 0. The molecule has 9 nitrogen and oxygen atoms in total. The summed E-state index contributed by atoms with van der Waals surface area (Å²) < 4.78 is 46.9. The number of ether oxygens (including phenoxy) is 1. The van der Waals surface area contributed by atoms with Crippen LogP contribution in [0.2, 0.25) is 0 Å². The lowest BCUT2D eigenvalue weighted by molar-refractivity contribution is -0.141. The second kappa shape index (κ2) is 7.76. The predicted molar refractivity (Wildman–Crippen MR) is 118 cm³/mol. The van der Waals surface area contributed by atoms with Crippen LogP contribution in [0.1, 0.15) is 36.8 Å². The van der Waals surface area contributed by atoms with Crippen molar-refractivity contribution in [2.45, 2.75) is 38.4 Å². The maximum absolute atomic E-state index is 13.2. The summed E-state index contributed by atoms with van der Waals surface area (Å²) in [5.41, 5.74) is -0.000608. The number of alkyl halides is 3. The average molecular weight is 474 g/mol. The Labute approximate surface area is 194 Å². The predicted octanol–water partition coefficient (Wildman–Crippen LogP) is 3.01. The highest BCUT2D eigenvalue weighted by atomic mass is 19.4. The van der Waals surface area contributed by atoms with E-state index in [1.807, 2.05) is 15.8 Å². The smallest absolute Gasteiger partial charge is 0.377 e. The number of nitrogens with zero attached hydrogens (tertiary/aromatic N) is 8. The third-order valence-electron chi connectivity index (χ3n) is 7.27. The summed E-state index contributed by atoms with van der Waals surface area (Å²) in [7, 11) is 0. The van der Waals surface area contributed by atoms with Gasteiger partial charge in [-0.3, -0.25) is 0 Å². The second-order valence-corrected chi connectivity index (χ2v) is 9.54. The van der Waals surface area contributed by atoms with Crippen molar-refractivity contribution in [3.05, 3.63) is 30.0 Å². The fourth-order valence-electron chi connectivity index (χ4n) is 5.19. The number of rotatable bonds is 3. The van der Waals surface area contributed by atoms with E-state index in [9.17, 15) is 13.2 Å². The van der Waals surface area contributed by atoms with Gasteiger partial charge < -0.3 is 14.5 Å². The van der Waals surface area contributed by atoms with Gasteiger partial charge in [-0.1, -0.05) is 0 Å². The molecule has 34 heavy (non-hydrogen) atoms. The molecule has 3 saturated heterocycles. The summed E-state index contributed by atoms with van der Waals surface area (Å²) in [5, 5.41) is 5.37. The maximum Gasteiger partial charge on any atom is 0.433 e. The van der Waals surface area contributed by atoms with E-state index in [0.29, 0.717) is 38.1 Å². The third kappa shape index (κ3) is 3.73. The summed E-state index contributed by atoms with van der Waals surface area (Å²) in [5.74, 6) is 1.20. The summed E-state index contributed by atoms with van der Waals surface area (Å²) in [6.45, 7) is 5.79. The van der Waals surface area contributed by atoms with E-state index in [0.717, 1.165) is 49.5 Å². The van der Waals surface area contributed by atoms with Crippen molar-refractivity contribution in [1.82, 2.24) is 29.7 Å². The fourth-order valence-corrected chi connectivity index (χ4v) is 5.19. The Balaban J connectivity index is 1.16. The van der Waals surface area contributed by atoms with E-state index < -0.39 is 11.9 Å². The highest BCUT2D eigenvalue weighted by molar-refractivity contribution is 5.74. The third-order valence-corrected chi connectivity index (χ3v) is 7.27. The van der Waals surface area contributed by atoms with Gasteiger partial charge >= 0.3 is 6.18 Å². The van der Waals surface area contributed by atoms with E-state index in [2.05, 4.69) is 25.0 Å². The minimum atomic E-state index is -4.48. The highest BCUT2D eigenvalue weighted by Gasteiger charge is 2.42. The van der Waals surface area contributed by atoms with Crippen LogP contribution in [0.15, 0.2) is 18.5 Å². The van der Waals surface area contributed by atoms with Crippen LogP contribution in [-0.2, 0) is 10.9 Å². The number of fused-ring (bicyclic) bond motifs is 1. The highest BCUT2D eigenvalue weighted by Crippen LogP contribution is 2.42. The Morgan fingerprint density at radius 2 is 1.74 bits per heavy atom. The first-order valence-corrected chi connectivity index (χ1v) is 11.5. The number of halogens is 3. The molecular formula is C22H25F3N8O. The van der Waals surface area contributed by atoms with Crippen molar-refractivity contribution in [2.24, 2.45) is 5.41 Å². The van der Waals surface area contributed by atoms with Crippen molar-refractivity contribution in [1.29, 1.82) is 0 Å². The molecule has 0 N–H and O–H groups in total. The van der Waals surface area contributed by atoms with Gasteiger partial charge in [0.1, 0.15) is 23.4 Å². The average Bonchev–Trinajstić information content (AvgIpc) is 3.37. The van der Waals surface area contributed by atoms with Gasteiger partial charge in [0.15, 0.2) is 5.65 Å². The van der Waals surface area contributed by atoms with Crippen LogP contribution in [0.5, 0.6) is 0 Å². The molecule has 3 fully saturated rings.